The molecule has 22 heavy (non-hydrogen) atoms. The van der Waals surface area contributed by atoms with Crippen LogP contribution in [0.15, 0.2) is 46.9 Å². The molecular weight excluding hydrogens is 304 g/mol. The predicted molar refractivity (Wildman–Crippen MR) is 83.2 cm³/mol. The quantitative estimate of drug-likeness (QED) is 0.362. The van der Waals surface area contributed by atoms with Crippen LogP contribution < -0.4 is 10.2 Å². The monoisotopic (exact) mass is 318 g/mol. The molecule has 0 spiro atoms. The van der Waals surface area contributed by atoms with Crippen LogP contribution in [0.4, 0.5) is 0 Å². The zero-order valence-corrected chi connectivity index (χ0v) is 12.6. The number of aromatic hydroxyl groups is 1. The van der Waals surface area contributed by atoms with Crippen LogP contribution in [-0.4, -0.2) is 40.1 Å². The molecule has 1 aromatic heterocycles. The molecule has 1 heterocycles. The van der Waals surface area contributed by atoms with Crippen LogP contribution in [0.1, 0.15) is 5.56 Å². The predicted octanol–water partition coefficient (Wildman–Crippen LogP) is 1.43. The van der Waals surface area contributed by atoms with Gasteiger partial charge in [-0.3, -0.25) is 4.79 Å². The van der Waals surface area contributed by atoms with Gasteiger partial charge in [-0.1, -0.05) is 17.8 Å². The number of para-hydroxylation sites is 1. The molecule has 0 bridgehead atoms. The Hall–Kier alpha value is -2.61. The van der Waals surface area contributed by atoms with Crippen molar-refractivity contribution < 1.29 is 14.6 Å². The van der Waals surface area contributed by atoms with E-state index < -0.39 is 0 Å². The molecule has 0 aliphatic carbocycles. The average molecular weight is 318 g/mol. The number of hydrazone groups is 1. The molecule has 0 aliphatic heterocycles. The Bertz CT molecular complexity index is 664. The highest BCUT2D eigenvalue weighted by molar-refractivity contribution is 7.99. The molecule has 0 fully saturated rings. The van der Waals surface area contributed by atoms with Crippen molar-refractivity contribution in [3.8, 4) is 11.5 Å². The fraction of sp³-hybridized carbons (Fsp3) is 0.143. The number of nitrogens with one attached hydrogen (secondary N) is 1. The molecule has 0 saturated heterocycles. The molecule has 0 unspecified atom stereocenters. The second-order valence-corrected chi connectivity index (χ2v) is 4.95. The van der Waals surface area contributed by atoms with E-state index in [9.17, 15) is 9.90 Å². The van der Waals surface area contributed by atoms with Gasteiger partial charge in [0.05, 0.1) is 19.1 Å². The minimum absolute atomic E-state index is 0.0324. The normalized spacial score (nSPS) is 10.6. The summed E-state index contributed by atoms with van der Waals surface area (Å²) in [6, 6.07) is 6.70. The van der Waals surface area contributed by atoms with E-state index in [4.69, 9.17) is 4.74 Å². The highest BCUT2D eigenvalue weighted by atomic mass is 32.2. The summed E-state index contributed by atoms with van der Waals surface area (Å²) in [6.45, 7) is 0. The van der Waals surface area contributed by atoms with Gasteiger partial charge in [0.1, 0.15) is 0 Å². The van der Waals surface area contributed by atoms with Gasteiger partial charge >= 0.3 is 0 Å². The van der Waals surface area contributed by atoms with Crippen molar-refractivity contribution in [3.05, 3.63) is 42.2 Å². The van der Waals surface area contributed by atoms with Crippen LogP contribution >= 0.6 is 11.8 Å². The Kier molecular flexibility index (Phi) is 5.73. The maximum absolute atomic E-state index is 11.6. The standard InChI is InChI=1S/C14H14N4O3S/c1-21-11-5-2-4-10(13(11)20)8-17-18-12(19)9-22-14-15-6-3-7-16-14/h2-8,20H,9H2,1H3,(H,18,19)/b17-8+. The van der Waals surface area contributed by atoms with Gasteiger partial charge in [0.2, 0.25) is 0 Å². The van der Waals surface area contributed by atoms with E-state index in [1.54, 1.807) is 36.7 Å². The maximum Gasteiger partial charge on any atom is 0.250 e. The number of methoxy groups -OCH3 is 1. The van der Waals surface area contributed by atoms with E-state index in [0.717, 1.165) is 0 Å². The molecule has 1 aromatic carbocycles. The van der Waals surface area contributed by atoms with Gasteiger partial charge in [-0.05, 0) is 18.2 Å². The lowest BCUT2D eigenvalue weighted by molar-refractivity contribution is -0.118. The lowest BCUT2D eigenvalue weighted by Gasteiger charge is -2.04. The number of carbonyl (C=O) groups is 1. The number of carbonyl (C=O) groups excluding carboxylic acids is 1. The third-order valence-corrected chi connectivity index (χ3v) is 3.39. The van der Waals surface area contributed by atoms with Crippen molar-refractivity contribution in [2.45, 2.75) is 5.16 Å². The van der Waals surface area contributed by atoms with Gasteiger partial charge in [0, 0.05) is 18.0 Å². The minimum Gasteiger partial charge on any atom is -0.504 e. The SMILES string of the molecule is COc1cccc(/C=N/NC(=O)CSc2ncccn2)c1O. The van der Waals surface area contributed by atoms with Gasteiger partial charge < -0.3 is 9.84 Å². The lowest BCUT2D eigenvalue weighted by atomic mass is 10.2. The van der Waals surface area contributed by atoms with Crippen LogP contribution in [0, 0.1) is 0 Å². The first-order valence-corrected chi connectivity index (χ1v) is 7.27. The highest BCUT2D eigenvalue weighted by Crippen LogP contribution is 2.27. The molecule has 1 amide bonds. The summed E-state index contributed by atoms with van der Waals surface area (Å²) in [5.41, 5.74) is 2.81. The van der Waals surface area contributed by atoms with Crippen molar-refractivity contribution in [1.82, 2.24) is 15.4 Å². The Labute approximate surface area is 131 Å². The fourth-order valence-electron chi connectivity index (χ4n) is 1.50. The Morgan fingerprint density at radius 2 is 2.18 bits per heavy atom. The summed E-state index contributed by atoms with van der Waals surface area (Å²) in [5.74, 6) is 0.157. The van der Waals surface area contributed by atoms with Crippen LogP contribution in [-0.2, 0) is 4.79 Å². The number of ether oxygens (including phenoxy) is 1. The number of nitrogens with zero attached hydrogens (tertiary/aromatic N) is 3. The molecule has 2 aromatic rings. The molecule has 0 saturated carbocycles. The van der Waals surface area contributed by atoms with E-state index in [1.165, 1.54) is 25.1 Å². The topological polar surface area (TPSA) is 96.7 Å². The zero-order valence-electron chi connectivity index (χ0n) is 11.8. The molecule has 8 heteroatoms. The number of phenolic OH excluding ortho intramolecular Hbond substituents is 1. The number of rotatable bonds is 6. The van der Waals surface area contributed by atoms with E-state index in [2.05, 4.69) is 20.5 Å². The number of aromatic nitrogens is 2. The number of thioether (sulfide) groups is 1. The summed E-state index contributed by atoms with van der Waals surface area (Å²) < 4.78 is 4.98. The van der Waals surface area contributed by atoms with E-state index in [0.29, 0.717) is 16.5 Å². The Morgan fingerprint density at radius 1 is 1.41 bits per heavy atom. The third-order valence-electron chi connectivity index (χ3n) is 2.52. The number of benzene rings is 1. The Morgan fingerprint density at radius 3 is 2.91 bits per heavy atom. The number of hydrogen-bond donors (Lipinski definition) is 2. The molecule has 0 atom stereocenters. The van der Waals surface area contributed by atoms with E-state index >= 15 is 0 Å². The van der Waals surface area contributed by atoms with Crippen molar-refractivity contribution >= 4 is 23.9 Å². The highest BCUT2D eigenvalue weighted by Gasteiger charge is 2.06. The summed E-state index contributed by atoms with van der Waals surface area (Å²) >= 11 is 1.21. The summed E-state index contributed by atoms with van der Waals surface area (Å²) in [4.78, 5) is 19.6. The van der Waals surface area contributed by atoms with E-state index in [1.807, 2.05) is 0 Å². The second-order valence-electron chi connectivity index (χ2n) is 4.01. The first kappa shape index (κ1) is 15.8. The van der Waals surface area contributed by atoms with Crippen molar-refractivity contribution in [1.29, 1.82) is 0 Å². The summed E-state index contributed by atoms with van der Waals surface area (Å²) in [5, 5.41) is 14.2. The van der Waals surface area contributed by atoms with E-state index in [-0.39, 0.29) is 17.4 Å². The van der Waals surface area contributed by atoms with Crippen LogP contribution in [0.5, 0.6) is 11.5 Å². The largest absolute Gasteiger partial charge is 0.504 e. The molecule has 7 nitrogen and oxygen atoms in total. The molecule has 2 rings (SSSR count). The molecular formula is C14H14N4O3S. The summed E-state index contributed by atoms with van der Waals surface area (Å²) in [7, 11) is 1.46. The minimum atomic E-state index is -0.295. The maximum atomic E-state index is 11.6. The van der Waals surface area contributed by atoms with Crippen LogP contribution in [0.3, 0.4) is 0 Å². The number of hydrogen-bond acceptors (Lipinski definition) is 7. The smallest absolute Gasteiger partial charge is 0.250 e. The Balaban J connectivity index is 1.86. The fourth-order valence-corrected chi connectivity index (χ4v) is 2.10. The lowest BCUT2D eigenvalue weighted by Crippen LogP contribution is -2.19. The second kappa shape index (κ2) is 7.99. The van der Waals surface area contributed by atoms with Gasteiger partial charge in [0.25, 0.3) is 5.91 Å². The first-order chi connectivity index (χ1) is 10.7. The average Bonchev–Trinajstić information content (AvgIpc) is 2.55. The van der Waals surface area contributed by atoms with Gasteiger partial charge in [0.15, 0.2) is 16.7 Å². The van der Waals surface area contributed by atoms with Crippen LogP contribution in [0.25, 0.3) is 0 Å². The molecule has 2 N–H and O–H groups in total. The number of amides is 1. The molecule has 0 aliphatic rings. The third kappa shape index (κ3) is 4.45. The number of phenols is 1. The van der Waals surface area contributed by atoms with Crippen molar-refractivity contribution in [3.63, 3.8) is 0 Å². The zero-order chi connectivity index (χ0) is 15.8. The van der Waals surface area contributed by atoms with Crippen molar-refractivity contribution in [2.24, 2.45) is 5.10 Å². The summed E-state index contributed by atoms with van der Waals surface area (Å²) in [6.07, 6.45) is 4.56. The van der Waals surface area contributed by atoms with Crippen LogP contribution in [0.2, 0.25) is 0 Å². The molecule has 0 radical (unpaired) electrons. The van der Waals surface area contributed by atoms with Gasteiger partial charge in [-0.2, -0.15) is 5.10 Å². The van der Waals surface area contributed by atoms with Gasteiger partial charge in [-0.15, -0.1) is 0 Å². The molecule has 114 valence electrons. The first-order valence-electron chi connectivity index (χ1n) is 6.28. The van der Waals surface area contributed by atoms with Crippen molar-refractivity contribution in [2.75, 3.05) is 12.9 Å². The van der Waals surface area contributed by atoms with Gasteiger partial charge in [-0.25, -0.2) is 15.4 Å².